The van der Waals surface area contributed by atoms with Crippen molar-refractivity contribution >= 4 is 11.9 Å². The van der Waals surface area contributed by atoms with E-state index in [2.05, 4.69) is 13.8 Å². The zero-order valence-electron chi connectivity index (χ0n) is 13.4. The number of esters is 2. The van der Waals surface area contributed by atoms with Crippen LogP contribution in [0.25, 0.3) is 0 Å². The lowest BCUT2D eigenvalue weighted by Crippen LogP contribution is -2.42. The zero-order valence-corrected chi connectivity index (χ0v) is 13.4. The molecule has 5 heteroatoms. The summed E-state index contributed by atoms with van der Waals surface area (Å²) in [5, 5.41) is 0. The van der Waals surface area contributed by atoms with Crippen molar-refractivity contribution in [3.8, 4) is 0 Å². The van der Waals surface area contributed by atoms with Crippen LogP contribution < -0.4 is 0 Å². The summed E-state index contributed by atoms with van der Waals surface area (Å²) in [6.07, 6.45) is 2.15. The first-order valence-electron chi connectivity index (χ1n) is 7.98. The largest absolute Gasteiger partial charge is 0.455 e. The molecule has 2 bridgehead atoms. The Labute approximate surface area is 130 Å². The molecule has 0 radical (unpaired) electrons. The molecule has 0 amide bonds. The van der Waals surface area contributed by atoms with Crippen molar-refractivity contribution in [2.24, 2.45) is 16.7 Å². The summed E-state index contributed by atoms with van der Waals surface area (Å²) >= 11 is 0. The number of ether oxygens (including phenoxy) is 3. The van der Waals surface area contributed by atoms with E-state index < -0.39 is 17.6 Å². The number of allylic oxidation sites excluding steroid dienone is 1. The highest BCUT2D eigenvalue weighted by atomic mass is 16.7. The highest BCUT2D eigenvalue weighted by Gasteiger charge is 2.69. The van der Waals surface area contributed by atoms with Crippen LogP contribution in [0.2, 0.25) is 0 Å². The Morgan fingerprint density at radius 3 is 2.59 bits per heavy atom. The van der Waals surface area contributed by atoms with Gasteiger partial charge in [-0.1, -0.05) is 25.5 Å². The Morgan fingerprint density at radius 2 is 2.00 bits per heavy atom. The molecular formula is C17H22O5. The van der Waals surface area contributed by atoms with E-state index in [1.165, 1.54) is 0 Å². The van der Waals surface area contributed by atoms with E-state index in [0.717, 1.165) is 12.0 Å². The van der Waals surface area contributed by atoms with Crippen LogP contribution in [0.5, 0.6) is 0 Å². The quantitative estimate of drug-likeness (QED) is 0.589. The summed E-state index contributed by atoms with van der Waals surface area (Å²) in [5.41, 5.74) is 0.476. The van der Waals surface area contributed by atoms with Crippen molar-refractivity contribution in [2.75, 3.05) is 0 Å². The van der Waals surface area contributed by atoms with E-state index in [9.17, 15) is 9.59 Å². The van der Waals surface area contributed by atoms with Crippen LogP contribution in [0.15, 0.2) is 11.6 Å². The van der Waals surface area contributed by atoms with Crippen LogP contribution in [0.1, 0.15) is 40.5 Å². The number of carbonyl (C=O) groups is 2. The van der Waals surface area contributed by atoms with E-state index >= 15 is 0 Å². The number of carbonyl (C=O) groups excluding carboxylic acids is 2. The van der Waals surface area contributed by atoms with Gasteiger partial charge in [0.15, 0.2) is 12.2 Å². The molecule has 1 aliphatic carbocycles. The van der Waals surface area contributed by atoms with Crippen molar-refractivity contribution in [1.29, 1.82) is 0 Å². The van der Waals surface area contributed by atoms with Gasteiger partial charge in [0.2, 0.25) is 0 Å². The summed E-state index contributed by atoms with van der Waals surface area (Å²) in [7, 11) is 0. The van der Waals surface area contributed by atoms with Gasteiger partial charge in [-0.05, 0) is 32.1 Å². The molecule has 6 atom stereocenters. The van der Waals surface area contributed by atoms with Gasteiger partial charge in [-0.25, -0.2) is 0 Å². The van der Waals surface area contributed by atoms with Crippen LogP contribution in [0, 0.1) is 16.7 Å². The zero-order chi connectivity index (χ0) is 15.9. The minimum Gasteiger partial charge on any atom is -0.455 e. The maximum atomic E-state index is 12.8. The first-order chi connectivity index (χ1) is 10.2. The molecule has 4 rings (SSSR count). The smallest absolute Gasteiger partial charge is 0.317 e. The third-order valence-corrected chi connectivity index (χ3v) is 5.73. The molecule has 22 heavy (non-hydrogen) atoms. The van der Waals surface area contributed by atoms with Gasteiger partial charge in [0.1, 0.15) is 6.10 Å². The molecule has 0 aromatic heterocycles. The molecule has 3 heterocycles. The second-order valence-corrected chi connectivity index (χ2v) is 8.01. The van der Waals surface area contributed by atoms with E-state index in [-0.39, 0.29) is 35.5 Å². The molecule has 0 aromatic carbocycles. The molecule has 0 spiro atoms. The van der Waals surface area contributed by atoms with E-state index in [4.69, 9.17) is 14.2 Å². The third kappa shape index (κ3) is 1.69. The SMILES string of the molecule is CC(C)=CC1(C(=O)OC2C3CC4C(=O)OC2C4O3)CC1(C)C. The highest BCUT2D eigenvalue weighted by molar-refractivity contribution is 5.85. The van der Waals surface area contributed by atoms with Gasteiger partial charge >= 0.3 is 11.9 Å². The number of fused-ring (bicyclic) bond motifs is 1. The fraction of sp³-hybridized carbons (Fsp3) is 0.765. The van der Waals surface area contributed by atoms with Gasteiger partial charge in [-0.3, -0.25) is 9.59 Å². The Morgan fingerprint density at radius 1 is 1.32 bits per heavy atom. The Hall–Kier alpha value is -1.36. The molecule has 4 aliphatic rings. The topological polar surface area (TPSA) is 61.8 Å². The molecule has 0 aromatic rings. The maximum absolute atomic E-state index is 12.8. The van der Waals surface area contributed by atoms with Gasteiger partial charge in [-0.15, -0.1) is 0 Å². The summed E-state index contributed by atoms with van der Waals surface area (Å²) in [4.78, 5) is 24.5. The van der Waals surface area contributed by atoms with Crippen molar-refractivity contribution in [2.45, 2.75) is 65.0 Å². The first kappa shape index (κ1) is 14.2. The van der Waals surface area contributed by atoms with E-state index in [0.29, 0.717) is 6.42 Å². The summed E-state index contributed by atoms with van der Waals surface area (Å²) in [6.45, 7) is 8.15. The predicted molar refractivity (Wildman–Crippen MR) is 76.8 cm³/mol. The minimum atomic E-state index is -0.546. The molecule has 5 nitrogen and oxygen atoms in total. The van der Waals surface area contributed by atoms with Gasteiger partial charge in [0.25, 0.3) is 0 Å². The second kappa shape index (κ2) is 4.13. The molecule has 3 saturated heterocycles. The molecule has 3 aliphatic heterocycles. The van der Waals surface area contributed by atoms with Crippen LogP contribution in [0.4, 0.5) is 0 Å². The van der Waals surface area contributed by atoms with Gasteiger partial charge in [-0.2, -0.15) is 0 Å². The van der Waals surface area contributed by atoms with Gasteiger partial charge in [0.05, 0.1) is 17.4 Å². The van der Waals surface area contributed by atoms with Gasteiger partial charge < -0.3 is 14.2 Å². The lowest BCUT2D eigenvalue weighted by molar-refractivity contribution is -0.165. The third-order valence-electron chi connectivity index (χ3n) is 5.73. The Balaban J connectivity index is 1.54. The summed E-state index contributed by atoms with van der Waals surface area (Å²) < 4.78 is 16.9. The van der Waals surface area contributed by atoms with Gasteiger partial charge in [0, 0.05) is 0 Å². The monoisotopic (exact) mass is 306 g/mol. The van der Waals surface area contributed by atoms with Crippen LogP contribution in [0.3, 0.4) is 0 Å². The Bertz CT molecular complexity index is 588. The van der Waals surface area contributed by atoms with Crippen LogP contribution in [-0.4, -0.2) is 36.4 Å². The van der Waals surface area contributed by atoms with Crippen molar-refractivity contribution in [3.05, 3.63) is 11.6 Å². The minimum absolute atomic E-state index is 0.0886. The van der Waals surface area contributed by atoms with Crippen molar-refractivity contribution < 1.29 is 23.8 Å². The van der Waals surface area contributed by atoms with E-state index in [1.54, 1.807) is 0 Å². The highest BCUT2D eigenvalue weighted by Crippen LogP contribution is 2.65. The lowest BCUT2D eigenvalue weighted by atomic mass is 9.87. The number of hydrogen-bond acceptors (Lipinski definition) is 5. The standard InChI is InChI=1S/C17H22O5/c1-8(2)6-17(7-16(17,3)4)15(19)22-12-10-5-9-11(20-10)13(12)21-14(9)18/h6,9-13H,5,7H2,1-4H3. The average molecular weight is 306 g/mol. The molecule has 4 fully saturated rings. The summed E-state index contributed by atoms with van der Waals surface area (Å²) in [6, 6.07) is 0. The normalized spacial score (nSPS) is 46.4. The average Bonchev–Trinajstić information content (AvgIpc) is 2.75. The van der Waals surface area contributed by atoms with Crippen LogP contribution >= 0.6 is 0 Å². The summed E-state index contributed by atoms with van der Waals surface area (Å²) in [5.74, 6) is -0.574. The molecular weight excluding hydrogens is 284 g/mol. The fourth-order valence-corrected chi connectivity index (χ4v) is 4.41. The molecule has 6 unspecified atom stereocenters. The molecule has 0 N–H and O–H groups in total. The second-order valence-electron chi connectivity index (χ2n) is 8.01. The Kier molecular flexibility index (Phi) is 2.68. The molecule has 1 saturated carbocycles. The number of rotatable bonds is 3. The lowest BCUT2D eigenvalue weighted by Gasteiger charge is -2.25. The predicted octanol–water partition coefficient (Wildman–Crippen LogP) is 1.99. The number of hydrogen-bond donors (Lipinski definition) is 0. The first-order valence-corrected chi connectivity index (χ1v) is 7.98. The maximum Gasteiger partial charge on any atom is 0.317 e. The van der Waals surface area contributed by atoms with Crippen molar-refractivity contribution in [3.63, 3.8) is 0 Å². The van der Waals surface area contributed by atoms with Crippen LogP contribution in [-0.2, 0) is 23.8 Å². The fourth-order valence-electron chi connectivity index (χ4n) is 4.41. The molecule has 120 valence electrons. The van der Waals surface area contributed by atoms with E-state index in [1.807, 2.05) is 19.9 Å². The van der Waals surface area contributed by atoms with Crippen molar-refractivity contribution in [1.82, 2.24) is 0 Å².